The van der Waals surface area contributed by atoms with E-state index >= 15 is 0 Å². The quantitative estimate of drug-likeness (QED) is 0.827. The van der Waals surface area contributed by atoms with Gasteiger partial charge in [0.15, 0.2) is 5.11 Å². The van der Waals surface area contributed by atoms with Crippen molar-refractivity contribution >= 4 is 23.1 Å². The summed E-state index contributed by atoms with van der Waals surface area (Å²) in [6.07, 6.45) is 3.51. The molecule has 2 aromatic heterocycles. The van der Waals surface area contributed by atoms with Gasteiger partial charge < -0.3 is 10.6 Å². The molecule has 0 amide bonds. The Hall–Kier alpha value is -2.01. The summed E-state index contributed by atoms with van der Waals surface area (Å²) in [5, 5.41) is 6.66. The van der Waals surface area contributed by atoms with Crippen LogP contribution in [0.5, 0.6) is 0 Å². The fraction of sp³-hybridized carbons (Fsp3) is 0.154. The molecule has 0 bridgehead atoms. The summed E-state index contributed by atoms with van der Waals surface area (Å²) in [6, 6.07) is 9.66. The van der Waals surface area contributed by atoms with Crippen molar-refractivity contribution in [1.82, 2.24) is 15.3 Å². The molecule has 0 aliphatic heterocycles. The average Bonchev–Trinajstić information content (AvgIpc) is 2.38. The standard InChI is InChI=1S/C13H14N4S/c1-10-5-7-15-12(8-10)17-13(18)16-9-11-4-2-3-6-14-11/h2-8H,9H2,1H3,(H2,15,16,17,18). The third-order valence-corrected chi connectivity index (χ3v) is 2.56. The highest BCUT2D eigenvalue weighted by atomic mass is 32.1. The van der Waals surface area contributed by atoms with Crippen molar-refractivity contribution in [3.8, 4) is 0 Å². The second-order valence-corrected chi connectivity index (χ2v) is 4.26. The molecular weight excluding hydrogens is 244 g/mol. The zero-order valence-electron chi connectivity index (χ0n) is 10.1. The molecule has 0 aromatic carbocycles. The van der Waals surface area contributed by atoms with Crippen LogP contribution in [0.25, 0.3) is 0 Å². The Labute approximate surface area is 111 Å². The molecule has 18 heavy (non-hydrogen) atoms. The Bertz CT molecular complexity index is 528. The fourth-order valence-corrected chi connectivity index (χ4v) is 1.62. The van der Waals surface area contributed by atoms with E-state index in [0.717, 1.165) is 17.1 Å². The fourth-order valence-electron chi connectivity index (χ4n) is 1.44. The minimum atomic E-state index is 0.541. The van der Waals surface area contributed by atoms with Gasteiger partial charge in [0, 0.05) is 12.4 Å². The van der Waals surface area contributed by atoms with E-state index in [9.17, 15) is 0 Å². The lowest BCUT2D eigenvalue weighted by atomic mass is 10.3. The van der Waals surface area contributed by atoms with Gasteiger partial charge in [-0.25, -0.2) is 4.98 Å². The van der Waals surface area contributed by atoms with Gasteiger partial charge in [-0.1, -0.05) is 6.07 Å². The predicted molar refractivity (Wildman–Crippen MR) is 76.3 cm³/mol. The number of nitrogens with zero attached hydrogens (tertiary/aromatic N) is 2. The smallest absolute Gasteiger partial charge is 0.172 e. The van der Waals surface area contributed by atoms with Gasteiger partial charge in [0.1, 0.15) is 5.82 Å². The number of rotatable bonds is 3. The van der Waals surface area contributed by atoms with E-state index in [1.165, 1.54) is 0 Å². The van der Waals surface area contributed by atoms with Crippen LogP contribution in [0.2, 0.25) is 0 Å². The normalized spacial score (nSPS) is 9.83. The van der Waals surface area contributed by atoms with Crippen molar-refractivity contribution in [3.05, 3.63) is 54.0 Å². The second kappa shape index (κ2) is 6.07. The Morgan fingerprint density at radius 3 is 2.83 bits per heavy atom. The molecule has 0 atom stereocenters. The van der Waals surface area contributed by atoms with Crippen molar-refractivity contribution < 1.29 is 0 Å². The largest absolute Gasteiger partial charge is 0.357 e. The van der Waals surface area contributed by atoms with Gasteiger partial charge >= 0.3 is 0 Å². The molecule has 2 N–H and O–H groups in total. The van der Waals surface area contributed by atoms with Gasteiger partial charge in [-0.15, -0.1) is 0 Å². The first-order valence-corrected chi connectivity index (χ1v) is 6.02. The topological polar surface area (TPSA) is 49.8 Å². The number of thiocarbonyl (C=S) groups is 1. The van der Waals surface area contributed by atoms with Crippen molar-refractivity contribution in [1.29, 1.82) is 0 Å². The molecule has 0 unspecified atom stereocenters. The van der Waals surface area contributed by atoms with Crippen LogP contribution in [-0.2, 0) is 6.54 Å². The Morgan fingerprint density at radius 1 is 1.22 bits per heavy atom. The third kappa shape index (κ3) is 3.78. The molecule has 4 nitrogen and oxygen atoms in total. The molecule has 0 aliphatic carbocycles. The highest BCUT2D eigenvalue weighted by Gasteiger charge is 1.99. The summed E-state index contributed by atoms with van der Waals surface area (Å²) in [7, 11) is 0. The Morgan fingerprint density at radius 2 is 2.11 bits per heavy atom. The molecular formula is C13H14N4S. The molecule has 2 rings (SSSR count). The molecule has 0 saturated heterocycles. The molecule has 0 spiro atoms. The van der Waals surface area contributed by atoms with Crippen LogP contribution in [-0.4, -0.2) is 15.1 Å². The maximum absolute atomic E-state index is 5.19. The first-order chi connectivity index (χ1) is 8.74. The summed E-state index contributed by atoms with van der Waals surface area (Å²) in [4.78, 5) is 8.39. The number of aryl methyl sites for hydroxylation is 1. The minimum absolute atomic E-state index is 0.541. The molecule has 92 valence electrons. The summed E-state index contributed by atoms with van der Waals surface area (Å²) >= 11 is 5.19. The maximum Gasteiger partial charge on any atom is 0.172 e. The summed E-state index contributed by atoms with van der Waals surface area (Å²) < 4.78 is 0. The van der Waals surface area contributed by atoms with Crippen molar-refractivity contribution in [2.45, 2.75) is 13.5 Å². The molecule has 0 aliphatic rings. The molecule has 2 heterocycles. The van der Waals surface area contributed by atoms with Crippen LogP contribution in [0, 0.1) is 6.92 Å². The lowest BCUT2D eigenvalue weighted by Crippen LogP contribution is -2.28. The number of nitrogens with one attached hydrogen (secondary N) is 2. The first kappa shape index (κ1) is 12.4. The van der Waals surface area contributed by atoms with E-state index in [1.807, 2.05) is 37.3 Å². The molecule has 5 heteroatoms. The SMILES string of the molecule is Cc1ccnc(NC(=S)NCc2ccccn2)c1. The van der Waals surface area contributed by atoms with Crippen LogP contribution in [0.3, 0.4) is 0 Å². The van der Waals surface area contributed by atoms with Crippen LogP contribution in [0.4, 0.5) is 5.82 Å². The second-order valence-electron chi connectivity index (χ2n) is 3.85. The van der Waals surface area contributed by atoms with Crippen molar-refractivity contribution in [2.24, 2.45) is 0 Å². The van der Waals surface area contributed by atoms with Crippen LogP contribution in [0.1, 0.15) is 11.3 Å². The van der Waals surface area contributed by atoms with Gasteiger partial charge in [0.05, 0.1) is 12.2 Å². The summed E-state index contributed by atoms with van der Waals surface area (Å²) in [5.74, 6) is 0.744. The van der Waals surface area contributed by atoms with Gasteiger partial charge in [-0.2, -0.15) is 0 Å². The zero-order chi connectivity index (χ0) is 12.8. The Balaban J connectivity index is 1.86. The molecule has 0 fully saturated rings. The first-order valence-electron chi connectivity index (χ1n) is 5.61. The monoisotopic (exact) mass is 258 g/mol. The maximum atomic E-state index is 5.19. The predicted octanol–water partition coefficient (Wildman–Crippen LogP) is 2.27. The van der Waals surface area contributed by atoms with E-state index < -0.39 is 0 Å². The highest BCUT2D eigenvalue weighted by Crippen LogP contribution is 2.04. The van der Waals surface area contributed by atoms with Gasteiger partial charge in [-0.3, -0.25) is 4.98 Å². The molecule has 0 radical (unpaired) electrons. The van der Waals surface area contributed by atoms with Crippen LogP contribution < -0.4 is 10.6 Å². The van der Waals surface area contributed by atoms with Gasteiger partial charge in [0.25, 0.3) is 0 Å². The third-order valence-electron chi connectivity index (χ3n) is 2.31. The summed E-state index contributed by atoms with van der Waals surface area (Å²) in [5.41, 5.74) is 2.08. The lowest BCUT2D eigenvalue weighted by molar-refractivity contribution is 0.881. The van der Waals surface area contributed by atoms with Gasteiger partial charge in [0.2, 0.25) is 0 Å². The number of hydrogen-bond donors (Lipinski definition) is 2. The number of aromatic nitrogens is 2. The van der Waals surface area contributed by atoms with Crippen molar-refractivity contribution in [3.63, 3.8) is 0 Å². The van der Waals surface area contributed by atoms with E-state index in [4.69, 9.17) is 12.2 Å². The van der Waals surface area contributed by atoms with E-state index in [1.54, 1.807) is 12.4 Å². The molecule has 0 saturated carbocycles. The van der Waals surface area contributed by atoms with Crippen LogP contribution in [0.15, 0.2) is 42.7 Å². The molecule has 2 aromatic rings. The minimum Gasteiger partial charge on any atom is -0.357 e. The highest BCUT2D eigenvalue weighted by molar-refractivity contribution is 7.80. The Kier molecular flexibility index (Phi) is 4.20. The van der Waals surface area contributed by atoms with Crippen molar-refractivity contribution in [2.75, 3.05) is 5.32 Å². The average molecular weight is 258 g/mol. The van der Waals surface area contributed by atoms with E-state index in [2.05, 4.69) is 20.6 Å². The van der Waals surface area contributed by atoms with Gasteiger partial charge in [-0.05, 0) is 49.0 Å². The van der Waals surface area contributed by atoms with E-state index in [0.29, 0.717) is 11.7 Å². The summed E-state index contributed by atoms with van der Waals surface area (Å²) in [6.45, 7) is 2.61. The zero-order valence-corrected chi connectivity index (χ0v) is 10.9. The van der Waals surface area contributed by atoms with Crippen LogP contribution >= 0.6 is 12.2 Å². The lowest BCUT2D eigenvalue weighted by Gasteiger charge is -2.09. The number of hydrogen-bond acceptors (Lipinski definition) is 3. The number of anilines is 1. The van der Waals surface area contributed by atoms with E-state index in [-0.39, 0.29) is 0 Å². The number of pyridine rings is 2.